The van der Waals surface area contributed by atoms with E-state index < -0.39 is 0 Å². The Kier molecular flexibility index (Phi) is 4.66. The van der Waals surface area contributed by atoms with Crippen molar-refractivity contribution in [2.24, 2.45) is 0 Å². The van der Waals surface area contributed by atoms with Crippen molar-refractivity contribution >= 4 is 17.2 Å². The molecule has 0 atom stereocenters. The van der Waals surface area contributed by atoms with Gasteiger partial charge in [0.1, 0.15) is 16.6 Å². The zero-order valence-electron chi connectivity index (χ0n) is 14.3. The smallest absolute Gasteiger partial charge is 0.142 e. The van der Waals surface area contributed by atoms with Gasteiger partial charge in [-0.15, -0.1) is 11.3 Å². The zero-order chi connectivity index (χ0) is 17.8. The summed E-state index contributed by atoms with van der Waals surface area (Å²) < 4.78 is 0. The van der Waals surface area contributed by atoms with Crippen LogP contribution < -0.4 is 5.32 Å². The first-order valence-corrected chi connectivity index (χ1v) is 9.17. The van der Waals surface area contributed by atoms with Crippen molar-refractivity contribution in [2.45, 2.75) is 13.5 Å². The lowest BCUT2D eigenvalue weighted by molar-refractivity contribution is 1.01. The van der Waals surface area contributed by atoms with Gasteiger partial charge < -0.3 is 5.32 Å². The number of aromatic nitrogens is 4. The average molecular weight is 359 g/mol. The van der Waals surface area contributed by atoms with Crippen molar-refractivity contribution in [1.29, 1.82) is 0 Å². The number of anilines is 1. The van der Waals surface area contributed by atoms with Crippen LogP contribution in [0.4, 0.5) is 5.82 Å². The Bertz CT molecular complexity index is 999. The summed E-state index contributed by atoms with van der Waals surface area (Å²) in [5, 5.41) is 6.32. The van der Waals surface area contributed by atoms with Crippen LogP contribution in [0.25, 0.3) is 22.0 Å². The van der Waals surface area contributed by atoms with E-state index in [1.165, 1.54) is 0 Å². The van der Waals surface area contributed by atoms with E-state index in [-0.39, 0.29) is 0 Å². The molecule has 0 aliphatic rings. The second-order valence-corrected chi connectivity index (χ2v) is 6.62. The van der Waals surface area contributed by atoms with E-state index in [1.54, 1.807) is 17.5 Å². The molecule has 1 N–H and O–H groups in total. The van der Waals surface area contributed by atoms with Crippen LogP contribution in [-0.2, 0) is 6.54 Å². The van der Waals surface area contributed by atoms with Crippen LogP contribution in [0.15, 0.2) is 66.2 Å². The largest absolute Gasteiger partial charge is 0.364 e. The van der Waals surface area contributed by atoms with Crippen molar-refractivity contribution in [2.75, 3.05) is 5.32 Å². The predicted molar refractivity (Wildman–Crippen MR) is 105 cm³/mol. The van der Waals surface area contributed by atoms with E-state index >= 15 is 0 Å². The maximum atomic E-state index is 4.65. The van der Waals surface area contributed by atoms with E-state index in [2.05, 4.69) is 25.3 Å². The zero-order valence-corrected chi connectivity index (χ0v) is 15.1. The Labute approximate surface area is 155 Å². The lowest BCUT2D eigenvalue weighted by Crippen LogP contribution is -2.04. The summed E-state index contributed by atoms with van der Waals surface area (Å²) in [4.78, 5) is 18.0. The third-order valence-corrected chi connectivity index (χ3v) is 4.71. The first-order valence-electron chi connectivity index (χ1n) is 8.29. The standard InChI is InChI=1S/C20H17N5S/c1-14-23-18(15-7-3-2-4-8-15)11-19(24-14)22-12-16-13-26-20(25-16)17-9-5-6-10-21-17/h2-11,13H,12H2,1H3,(H,22,23,24). The minimum Gasteiger partial charge on any atom is -0.364 e. The Hall–Kier alpha value is -3.12. The summed E-state index contributed by atoms with van der Waals surface area (Å²) in [6.07, 6.45) is 1.78. The van der Waals surface area contributed by atoms with E-state index in [0.717, 1.165) is 39.3 Å². The lowest BCUT2D eigenvalue weighted by atomic mass is 10.1. The van der Waals surface area contributed by atoms with Crippen LogP contribution in [0.5, 0.6) is 0 Å². The SMILES string of the molecule is Cc1nc(NCc2csc(-c3ccccn3)n2)cc(-c2ccccc2)n1. The number of nitrogens with zero attached hydrogens (tertiary/aromatic N) is 4. The second kappa shape index (κ2) is 7.41. The molecule has 4 aromatic rings. The minimum absolute atomic E-state index is 0.605. The average Bonchev–Trinajstić information content (AvgIpc) is 3.16. The number of pyridine rings is 1. The fraction of sp³-hybridized carbons (Fsp3) is 0.100. The van der Waals surface area contributed by atoms with Crippen LogP contribution in [0, 0.1) is 6.92 Å². The molecule has 0 unspecified atom stereocenters. The molecule has 0 saturated carbocycles. The van der Waals surface area contributed by atoms with Crippen LogP contribution in [0.3, 0.4) is 0 Å². The molecule has 3 heterocycles. The van der Waals surface area contributed by atoms with Gasteiger partial charge in [-0.05, 0) is 19.1 Å². The highest BCUT2D eigenvalue weighted by atomic mass is 32.1. The summed E-state index contributed by atoms with van der Waals surface area (Å²) in [6, 6.07) is 17.9. The molecule has 1 aromatic carbocycles. The first-order chi connectivity index (χ1) is 12.8. The molecule has 0 amide bonds. The van der Waals surface area contributed by atoms with Gasteiger partial charge in [0, 0.05) is 23.2 Å². The molecule has 0 bridgehead atoms. The molecular formula is C20H17N5S. The highest BCUT2D eigenvalue weighted by molar-refractivity contribution is 7.13. The number of thiazole rings is 1. The Morgan fingerprint density at radius 1 is 0.923 bits per heavy atom. The van der Waals surface area contributed by atoms with E-state index in [9.17, 15) is 0 Å². The fourth-order valence-corrected chi connectivity index (χ4v) is 3.39. The van der Waals surface area contributed by atoms with Gasteiger partial charge >= 0.3 is 0 Å². The van der Waals surface area contributed by atoms with Gasteiger partial charge in [-0.25, -0.2) is 15.0 Å². The molecule has 128 valence electrons. The van der Waals surface area contributed by atoms with E-state index in [4.69, 9.17) is 0 Å². The number of hydrogen-bond acceptors (Lipinski definition) is 6. The van der Waals surface area contributed by atoms with E-state index in [0.29, 0.717) is 6.54 Å². The van der Waals surface area contributed by atoms with Crippen molar-refractivity contribution in [3.63, 3.8) is 0 Å². The fourth-order valence-electron chi connectivity index (χ4n) is 2.59. The number of aryl methyl sites for hydroxylation is 1. The minimum atomic E-state index is 0.605. The van der Waals surface area contributed by atoms with Crippen LogP contribution >= 0.6 is 11.3 Å². The van der Waals surface area contributed by atoms with Gasteiger partial charge in [0.15, 0.2) is 0 Å². The highest BCUT2D eigenvalue weighted by Crippen LogP contribution is 2.23. The van der Waals surface area contributed by atoms with Crippen molar-refractivity contribution in [3.05, 3.63) is 77.7 Å². The molecular weight excluding hydrogens is 342 g/mol. The third kappa shape index (κ3) is 3.75. The summed E-state index contributed by atoms with van der Waals surface area (Å²) in [5.74, 6) is 1.53. The van der Waals surface area contributed by atoms with Crippen molar-refractivity contribution in [3.8, 4) is 22.0 Å². The van der Waals surface area contributed by atoms with E-state index in [1.807, 2.05) is 66.9 Å². The number of nitrogens with one attached hydrogen (secondary N) is 1. The second-order valence-electron chi connectivity index (χ2n) is 5.76. The summed E-state index contributed by atoms with van der Waals surface area (Å²) in [7, 11) is 0. The molecule has 0 aliphatic heterocycles. The van der Waals surface area contributed by atoms with Gasteiger partial charge in [-0.3, -0.25) is 4.98 Å². The topological polar surface area (TPSA) is 63.6 Å². The van der Waals surface area contributed by atoms with Crippen molar-refractivity contribution < 1.29 is 0 Å². The molecule has 0 radical (unpaired) electrons. The number of hydrogen-bond donors (Lipinski definition) is 1. The van der Waals surface area contributed by atoms with Gasteiger partial charge in [0.2, 0.25) is 0 Å². The highest BCUT2D eigenvalue weighted by Gasteiger charge is 2.07. The summed E-state index contributed by atoms with van der Waals surface area (Å²) in [6.45, 7) is 2.51. The summed E-state index contributed by atoms with van der Waals surface area (Å²) in [5.41, 5.74) is 3.85. The monoisotopic (exact) mass is 359 g/mol. The molecule has 4 rings (SSSR count). The molecule has 0 fully saturated rings. The predicted octanol–water partition coefficient (Wildman–Crippen LogP) is 4.58. The Morgan fingerprint density at radius 2 is 1.77 bits per heavy atom. The summed E-state index contributed by atoms with van der Waals surface area (Å²) >= 11 is 1.59. The van der Waals surface area contributed by atoms with Crippen LogP contribution in [0.2, 0.25) is 0 Å². The maximum Gasteiger partial charge on any atom is 0.142 e. The maximum absolute atomic E-state index is 4.65. The molecule has 26 heavy (non-hydrogen) atoms. The number of rotatable bonds is 5. The Balaban J connectivity index is 1.50. The molecule has 0 saturated heterocycles. The first kappa shape index (κ1) is 16.4. The Morgan fingerprint density at radius 3 is 2.58 bits per heavy atom. The number of benzene rings is 1. The third-order valence-electron chi connectivity index (χ3n) is 3.79. The molecule has 5 nitrogen and oxygen atoms in total. The van der Waals surface area contributed by atoms with Crippen molar-refractivity contribution in [1.82, 2.24) is 19.9 Å². The molecule has 0 spiro atoms. The van der Waals surface area contributed by atoms with Crippen LogP contribution in [0.1, 0.15) is 11.5 Å². The normalized spacial score (nSPS) is 10.7. The lowest BCUT2D eigenvalue weighted by Gasteiger charge is -2.08. The van der Waals surface area contributed by atoms with Gasteiger partial charge in [0.25, 0.3) is 0 Å². The van der Waals surface area contributed by atoms with Gasteiger partial charge in [-0.1, -0.05) is 36.4 Å². The quantitative estimate of drug-likeness (QED) is 0.565. The molecule has 0 aliphatic carbocycles. The van der Waals surface area contributed by atoms with Gasteiger partial charge in [-0.2, -0.15) is 0 Å². The van der Waals surface area contributed by atoms with Crippen LogP contribution in [-0.4, -0.2) is 19.9 Å². The van der Waals surface area contributed by atoms with Gasteiger partial charge in [0.05, 0.1) is 23.6 Å². The molecule has 6 heteroatoms. The molecule has 3 aromatic heterocycles.